The molecule has 0 aliphatic heterocycles. The van der Waals surface area contributed by atoms with Gasteiger partial charge in [-0.15, -0.1) is 0 Å². The van der Waals surface area contributed by atoms with Crippen molar-refractivity contribution in [1.29, 1.82) is 0 Å². The number of hydrogen-bond donors (Lipinski definition) is 0. The van der Waals surface area contributed by atoms with Crippen molar-refractivity contribution in [2.24, 2.45) is 0 Å². The number of aromatic nitrogens is 2. The van der Waals surface area contributed by atoms with Crippen LogP contribution in [0.2, 0.25) is 0 Å². The summed E-state index contributed by atoms with van der Waals surface area (Å²) in [4.78, 5) is 0. The van der Waals surface area contributed by atoms with Crippen LogP contribution in [0.4, 0.5) is 0 Å². The van der Waals surface area contributed by atoms with Gasteiger partial charge in [0.05, 0.1) is 0 Å². The Morgan fingerprint density at radius 1 is 2.00 bits per heavy atom. The van der Waals surface area contributed by atoms with E-state index in [9.17, 15) is 0 Å². The van der Waals surface area contributed by atoms with Gasteiger partial charge >= 0.3 is 0 Å². The van der Waals surface area contributed by atoms with Crippen LogP contribution in [0.3, 0.4) is 0 Å². The van der Waals surface area contributed by atoms with Crippen LogP contribution in [0, 0.1) is 6.92 Å². The lowest BCUT2D eigenvalue weighted by Crippen LogP contribution is -1.83. The van der Waals surface area contributed by atoms with E-state index >= 15 is 0 Å². The maximum absolute atomic E-state index is 3.90. The predicted octanol–water partition coefficient (Wildman–Crippen LogP) is 0.266. The molecule has 1 rings (SSSR count). The Kier molecular flexibility index (Phi) is 0.837. The average Bonchev–Trinajstić information content (AvgIpc) is 1.86. The molecule has 1 aromatic rings. The van der Waals surface area contributed by atoms with E-state index in [0.29, 0.717) is 0 Å². The molecular weight excluding hydrogens is 96.1 g/mol. The molecule has 1 N–H and O–H groups in total. The van der Waals surface area contributed by atoms with Crippen molar-refractivity contribution in [2.75, 3.05) is 0 Å². The van der Waals surface area contributed by atoms with E-state index in [4.69, 9.17) is 0 Å². The lowest BCUT2D eigenvalue weighted by molar-refractivity contribution is -0.290. The van der Waals surface area contributed by atoms with E-state index < -0.39 is 0 Å². The highest BCUT2D eigenvalue weighted by Gasteiger charge is 1.89. The minimum atomic E-state index is 1.06. The molecule has 3 heteroatoms. The zero-order valence-corrected chi connectivity index (χ0v) is 4.25. The number of aryl methyl sites for hydroxylation is 1. The van der Waals surface area contributed by atoms with Gasteiger partial charge in [-0.25, -0.2) is 0 Å². The molecule has 0 aliphatic rings. The molecule has 0 spiro atoms. The van der Waals surface area contributed by atoms with E-state index in [0.717, 1.165) is 5.69 Å². The van der Waals surface area contributed by atoms with Crippen molar-refractivity contribution in [3.8, 4) is 0 Å². The molecule has 1 aromatic heterocycles. The Hall–Kier alpha value is -0.440. The third kappa shape index (κ3) is 0.542. The first-order valence-electron chi connectivity index (χ1n) is 1.69. The second-order valence-corrected chi connectivity index (χ2v) is 1.69. The largest absolute Gasteiger partial charge is 0.274 e. The van der Waals surface area contributed by atoms with Crippen molar-refractivity contribution in [3.05, 3.63) is 11.9 Å². The van der Waals surface area contributed by atoms with E-state index in [1.165, 1.54) is 11.7 Å². The smallest absolute Gasteiger partial charge is 0.190 e. The molecule has 0 radical (unpaired) electrons. The fourth-order valence-electron chi connectivity index (χ4n) is 0.236. The number of aromatic amines is 1. The quantitative estimate of drug-likeness (QED) is 0.460. The van der Waals surface area contributed by atoms with Gasteiger partial charge in [-0.2, -0.15) is 4.37 Å². The Balaban J connectivity index is 3.05. The third-order valence-corrected chi connectivity index (χ3v) is 1.11. The van der Waals surface area contributed by atoms with Gasteiger partial charge in [-0.05, 0) is 0 Å². The molecular formula is C3H5N2S+. The summed E-state index contributed by atoms with van der Waals surface area (Å²) in [5.74, 6) is 0. The second-order valence-electron chi connectivity index (χ2n) is 1.09. The van der Waals surface area contributed by atoms with E-state index in [1.54, 1.807) is 0 Å². The summed E-state index contributed by atoms with van der Waals surface area (Å²) < 4.78 is 6.76. The molecule has 6 heavy (non-hydrogen) atoms. The number of nitrogens with one attached hydrogen (secondary N) is 1. The zero-order valence-electron chi connectivity index (χ0n) is 3.43. The van der Waals surface area contributed by atoms with Crippen LogP contribution in [-0.2, 0) is 0 Å². The maximum Gasteiger partial charge on any atom is 0.274 e. The normalized spacial score (nSPS) is 8.83. The highest BCUT2D eigenvalue weighted by Crippen LogP contribution is 1.82. The molecule has 0 aliphatic carbocycles. The van der Waals surface area contributed by atoms with E-state index in [1.807, 2.05) is 13.1 Å². The molecule has 0 saturated carbocycles. The van der Waals surface area contributed by atoms with Crippen LogP contribution in [-0.4, -0.2) is 4.37 Å². The first-order chi connectivity index (χ1) is 2.89. The lowest BCUT2D eigenvalue weighted by Gasteiger charge is -1.50. The molecule has 0 fully saturated rings. The van der Waals surface area contributed by atoms with Crippen LogP contribution in [0.15, 0.2) is 6.20 Å². The summed E-state index contributed by atoms with van der Waals surface area (Å²) in [6.07, 6.45) is 1.87. The number of H-pyrrole nitrogens is 1. The Morgan fingerprint density at radius 3 is 3.00 bits per heavy atom. The lowest BCUT2D eigenvalue weighted by atomic mass is 10.6. The fraction of sp³-hybridized carbons (Fsp3) is 0.333. The third-order valence-electron chi connectivity index (χ3n) is 0.510. The molecule has 0 aromatic carbocycles. The van der Waals surface area contributed by atoms with Crippen LogP contribution in [0.5, 0.6) is 0 Å². The molecule has 0 atom stereocenters. The van der Waals surface area contributed by atoms with Crippen molar-refractivity contribution < 1.29 is 4.37 Å². The fourth-order valence-corrected chi connectivity index (χ4v) is 0.709. The molecule has 0 bridgehead atoms. The SMILES string of the molecule is Cc1c[nH+]sn1. The summed E-state index contributed by atoms with van der Waals surface area (Å²) in [5.41, 5.74) is 1.06. The summed E-state index contributed by atoms with van der Waals surface area (Å²) >= 11 is 1.36. The molecule has 32 valence electrons. The molecule has 1 heterocycles. The van der Waals surface area contributed by atoms with Crippen LogP contribution < -0.4 is 4.37 Å². The Labute approximate surface area is 40.2 Å². The highest BCUT2D eigenvalue weighted by atomic mass is 32.1. The summed E-state index contributed by atoms with van der Waals surface area (Å²) in [7, 11) is 0. The monoisotopic (exact) mass is 101 g/mol. The van der Waals surface area contributed by atoms with Gasteiger partial charge in [0.2, 0.25) is 5.69 Å². The standard InChI is InChI=1S/C3H4N2S/c1-3-2-4-6-5-3/h2H,1H3/p+1. The first-order valence-corrected chi connectivity index (χ1v) is 2.46. The maximum atomic E-state index is 3.90. The predicted molar refractivity (Wildman–Crippen MR) is 23.4 cm³/mol. The summed E-state index contributed by atoms with van der Waals surface area (Å²) in [6.45, 7) is 1.95. The van der Waals surface area contributed by atoms with Crippen LogP contribution in [0.25, 0.3) is 0 Å². The minimum absolute atomic E-state index is 1.06. The van der Waals surface area contributed by atoms with Crippen LogP contribution >= 0.6 is 11.7 Å². The molecule has 0 amide bonds. The van der Waals surface area contributed by atoms with Gasteiger partial charge in [0, 0.05) is 11.3 Å². The second kappa shape index (κ2) is 1.34. The van der Waals surface area contributed by atoms with Crippen molar-refractivity contribution in [3.63, 3.8) is 0 Å². The van der Waals surface area contributed by atoms with Gasteiger partial charge < -0.3 is 0 Å². The van der Waals surface area contributed by atoms with Gasteiger partial charge in [0.1, 0.15) is 6.20 Å². The van der Waals surface area contributed by atoms with Gasteiger partial charge in [-0.1, -0.05) is 0 Å². The van der Waals surface area contributed by atoms with Crippen molar-refractivity contribution in [1.82, 2.24) is 4.37 Å². The summed E-state index contributed by atoms with van der Waals surface area (Å²) in [6, 6.07) is 0. The van der Waals surface area contributed by atoms with Gasteiger partial charge in [0.15, 0.2) is 0 Å². The van der Waals surface area contributed by atoms with E-state index in [2.05, 4.69) is 8.75 Å². The van der Waals surface area contributed by atoms with Crippen molar-refractivity contribution >= 4 is 11.7 Å². The zero-order chi connectivity index (χ0) is 4.41. The highest BCUT2D eigenvalue weighted by molar-refractivity contribution is 6.94. The number of nitrogens with zero attached hydrogens (tertiary/aromatic N) is 1. The first kappa shape index (κ1) is 3.74. The summed E-state index contributed by atoms with van der Waals surface area (Å²) in [5, 5.41) is 0. The number of rotatable bonds is 0. The van der Waals surface area contributed by atoms with Gasteiger partial charge in [-0.3, -0.25) is 0 Å². The van der Waals surface area contributed by atoms with Gasteiger partial charge in [0.25, 0.3) is 11.7 Å². The minimum Gasteiger partial charge on any atom is -0.190 e. The van der Waals surface area contributed by atoms with Crippen LogP contribution in [0.1, 0.15) is 5.69 Å². The van der Waals surface area contributed by atoms with Crippen molar-refractivity contribution in [2.45, 2.75) is 6.92 Å². The Bertz CT molecular complexity index is 112. The molecule has 0 saturated heterocycles. The Morgan fingerprint density at radius 2 is 2.83 bits per heavy atom. The molecule has 2 nitrogen and oxygen atoms in total. The van der Waals surface area contributed by atoms with E-state index in [-0.39, 0.29) is 0 Å². The topological polar surface area (TPSA) is 27.0 Å². The number of hydrogen-bond acceptors (Lipinski definition) is 2. The molecule has 0 unspecified atom stereocenters. The average molecular weight is 101 g/mol.